The number of hydrogen-bond donors (Lipinski definition) is 1. The molecule has 2 heterocycles. The highest BCUT2D eigenvalue weighted by Gasteiger charge is 2.17. The van der Waals surface area contributed by atoms with Gasteiger partial charge < -0.3 is 14.8 Å². The molecule has 0 saturated carbocycles. The number of imidazole rings is 1. The normalized spacial score (nSPS) is 14.4. The first-order valence-corrected chi connectivity index (χ1v) is 7.01. The summed E-state index contributed by atoms with van der Waals surface area (Å²) < 4.78 is 15.9. The lowest BCUT2D eigenvalue weighted by Crippen LogP contribution is -2.33. The minimum Gasteiger partial charge on any atom is -0.362 e. The van der Waals surface area contributed by atoms with Crippen molar-refractivity contribution >= 4 is 5.69 Å². The highest BCUT2D eigenvalue weighted by Crippen LogP contribution is 2.23. The van der Waals surface area contributed by atoms with Gasteiger partial charge in [0, 0.05) is 37.7 Å². The van der Waals surface area contributed by atoms with E-state index in [4.69, 9.17) is 0 Å². The van der Waals surface area contributed by atoms with E-state index in [-0.39, 0.29) is 5.82 Å². The summed E-state index contributed by atoms with van der Waals surface area (Å²) >= 11 is 0. The highest BCUT2D eigenvalue weighted by atomic mass is 19.1. The second kappa shape index (κ2) is 5.63. The van der Waals surface area contributed by atoms with Gasteiger partial charge in [-0.05, 0) is 30.3 Å². The predicted octanol–water partition coefficient (Wildman–Crippen LogP) is 2.15. The molecule has 0 bridgehead atoms. The lowest BCUT2D eigenvalue weighted by Gasteiger charge is -2.30. The van der Waals surface area contributed by atoms with Gasteiger partial charge in [0.2, 0.25) is 0 Å². The van der Waals surface area contributed by atoms with E-state index in [0.717, 1.165) is 43.3 Å². The average molecular weight is 274 g/mol. The molecule has 0 saturated heterocycles. The summed E-state index contributed by atoms with van der Waals surface area (Å²) in [6.45, 7) is 6.14. The first-order valence-electron chi connectivity index (χ1n) is 7.01. The molecule has 1 aromatic heterocycles. The van der Waals surface area contributed by atoms with Crippen LogP contribution in [0.3, 0.4) is 0 Å². The van der Waals surface area contributed by atoms with Crippen molar-refractivity contribution in [1.29, 1.82) is 0 Å². The first-order chi connectivity index (χ1) is 9.76. The van der Waals surface area contributed by atoms with Crippen LogP contribution in [0.1, 0.15) is 18.3 Å². The fraction of sp³-hybridized carbons (Fsp3) is 0.400. The lowest BCUT2D eigenvalue weighted by molar-refractivity contribution is 0.557. The fourth-order valence-corrected chi connectivity index (χ4v) is 2.58. The van der Waals surface area contributed by atoms with Crippen molar-refractivity contribution in [2.75, 3.05) is 18.0 Å². The Bertz CT molecular complexity index is 593. The van der Waals surface area contributed by atoms with E-state index < -0.39 is 0 Å². The van der Waals surface area contributed by atoms with Gasteiger partial charge in [0.05, 0.1) is 6.54 Å². The molecule has 4 nitrogen and oxygen atoms in total. The summed E-state index contributed by atoms with van der Waals surface area (Å²) in [4.78, 5) is 6.52. The molecule has 0 aliphatic carbocycles. The van der Waals surface area contributed by atoms with Gasteiger partial charge in [-0.15, -0.1) is 0 Å². The van der Waals surface area contributed by atoms with Crippen molar-refractivity contribution in [3.05, 3.63) is 47.8 Å². The maximum atomic E-state index is 13.8. The SMILES string of the molecule is CCNCc1cc(F)cc(N2CCn3ccnc3C2)c1. The zero-order valence-corrected chi connectivity index (χ0v) is 11.6. The maximum Gasteiger partial charge on any atom is 0.128 e. The fourth-order valence-electron chi connectivity index (χ4n) is 2.58. The predicted molar refractivity (Wildman–Crippen MR) is 77.1 cm³/mol. The summed E-state index contributed by atoms with van der Waals surface area (Å²) in [5.74, 6) is 0.859. The molecule has 0 spiro atoms. The molecule has 1 aliphatic heterocycles. The Labute approximate surface area is 118 Å². The van der Waals surface area contributed by atoms with Gasteiger partial charge in [0.25, 0.3) is 0 Å². The van der Waals surface area contributed by atoms with E-state index in [1.807, 2.05) is 19.3 Å². The van der Waals surface area contributed by atoms with Crippen molar-refractivity contribution in [1.82, 2.24) is 14.9 Å². The number of aromatic nitrogens is 2. The molecule has 0 unspecified atom stereocenters. The average Bonchev–Trinajstić information content (AvgIpc) is 2.92. The van der Waals surface area contributed by atoms with E-state index in [2.05, 4.69) is 25.8 Å². The van der Waals surface area contributed by atoms with E-state index in [9.17, 15) is 4.39 Å². The van der Waals surface area contributed by atoms with Crippen LogP contribution in [0.4, 0.5) is 10.1 Å². The smallest absolute Gasteiger partial charge is 0.128 e. The molecule has 0 atom stereocenters. The van der Waals surface area contributed by atoms with E-state index in [1.54, 1.807) is 12.1 Å². The van der Waals surface area contributed by atoms with Crippen molar-refractivity contribution < 1.29 is 4.39 Å². The second-order valence-corrected chi connectivity index (χ2v) is 5.06. The number of rotatable bonds is 4. The molecule has 5 heteroatoms. The van der Waals surface area contributed by atoms with Crippen molar-refractivity contribution in [2.24, 2.45) is 0 Å². The Morgan fingerprint density at radius 2 is 2.20 bits per heavy atom. The zero-order chi connectivity index (χ0) is 13.9. The minimum atomic E-state index is -0.177. The molecule has 3 rings (SSSR count). The lowest BCUT2D eigenvalue weighted by atomic mass is 10.1. The molecular weight excluding hydrogens is 255 g/mol. The molecule has 106 valence electrons. The standard InChI is InChI=1S/C15H19FN4/c1-2-17-10-12-7-13(16)9-14(8-12)20-6-5-19-4-3-18-15(19)11-20/h3-4,7-9,17H,2,5-6,10-11H2,1H3. The maximum absolute atomic E-state index is 13.8. The molecule has 1 N–H and O–H groups in total. The van der Waals surface area contributed by atoms with E-state index in [1.165, 1.54) is 0 Å². The van der Waals surface area contributed by atoms with E-state index >= 15 is 0 Å². The van der Waals surface area contributed by atoms with Gasteiger partial charge in [-0.2, -0.15) is 0 Å². The summed E-state index contributed by atoms with van der Waals surface area (Å²) in [5, 5.41) is 3.23. The second-order valence-electron chi connectivity index (χ2n) is 5.06. The molecule has 0 amide bonds. The van der Waals surface area contributed by atoms with Crippen LogP contribution in [0, 0.1) is 5.82 Å². The summed E-state index contributed by atoms with van der Waals surface area (Å²) in [5.41, 5.74) is 1.92. The van der Waals surface area contributed by atoms with Crippen LogP contribution >= 0.6 is 0 Å². The minimum absolute atomic E-state index is 0.177. The van der Waals surface area contributed by atoms with Crippen LogP contribution in [0.25, 0.3) is 0 Å². The summed E-state index contributed by atoms with van der Waals surface area (Å²) in [7, 11) is 0. The van der Waals surface area contributed by atoms with Crippen LogP contribution in [-0.2, 0) is 19.6 Å². The third-order valence-corrected chi connectivity index (χ3v) is 3.63. The quantitative estimate of drug-likeness (QED) is 0.927. The number of anilines is 1. The number of fused-ring (bicyclic) bond motifs is 1. The van der Waals surface area contributed by atoms with E-state index in [0.29, 0.717) is 6.54 Å². The molecule has 1 aliphatic rings. The largest absolute Gasteiger partial charge is 0.362 e. The van der Waals surface area contributed by atoms with Crippen molar-refractivity contribution in [2.45, 2.75) is 26.6 Å². The Hall–Kier alpha value is -1.88. The number of nitrogens with one attached hydrogen (secondary N) is 1. The Balaban J connectivity index is 1.82. The van der Waals surface area contributed by atoms with Crippen LogP contribution < -0.4 is 10.2 Å². The molecule has 0 radical (unpaired) electrons. The zero-order valence-electron chi connectivity index (χ0n) is 11.6. The number of nitrogens with zero attached hydrogens (tertiary/aromatic N) is 3. The summed E-state index contributed by atoms with van der Waals surface area (Å²) in [6.07, 6.45) is 3.82. The van der Waals surface area contributed by atoms with Gasteiger partial charge in [-0.1, -0.05) is 6.92 Å². The number of halogens is 1. The van der Waals surface area contributed by atoms with Crippen LogP contribution in [0.2, 0.25) is 0 Å². The van der Waals surface area contributed by atoms with Crippen molar-refractivity contribution in [3.8, 4) is 0 Å². The van der Waals surface area contributed by atoms with Gasteiger partial charge in [-0.25, -0.2) is 9.37 Å². The van der Waals surface area contributed by atoms with Crippen LogP contribution in [0.5, 0.6) is 0 Å². The highest BCUT2D eigenvalue weighted by molar-refractivity contribution is 5.49. The third kappa shape index (κ3) is 2.67. The molecular formula is C15H19FN4. The first kappa shape index (κ1) is 13.1. The monoisotopic (exact) mass is 274 g/mol. The number of benzene rings is 1. The van der Waals surface area contributed by atoms with Crippen LogP contribution in [-0.4, -0.2) is 22.6 Å². The Kier molecular flexibility index (Phi) is 3.69. The number of hydrogen-bond acceptors (Lipinski definition) is 3. The van der Waals surface area contributed by atoms with Gasteiger partial charge in [-0.3, -0.25) is 0 Å². The summed E-state index contributed by atoms with van der Waals surface area (Å²) in [6, 6.07) is 5.26. The van der Waals surface area contributed by atoms with Gasteiger partial charge in [0.15, 0.2) is 0 Å². The molecule has 20 heavy (non-hydrogen) atoms. The molecule has 2 aromatic rings. The topological polar surface area (TPSA) is 33.1 Å². The Morgan fingerprint density at radius 3 is 3.05 bits per heavy atom. The van der Waals surface area contributed by atoms with Gasteiger partial charge in [0.1, 0.15) is 11.6 Å². The third-order valence-electron chi connectivity index (χ3n) is 3.63. The Morgan fingerprint density at radius 1 is 1.30 bits per heavy atom. The van der Waals surface area contributed by atoms with Gasteiger partial charge >= 0.3 is 0 Å². The van der Waals surface area contributed by atoms with Crippen molar-refractivity contribution in [3.63, 3.8) is 0 Å². The molecule has 1 aromatic carbocycles. The molecule has 0 fully saturated rings. The van der Waals surface area contributed by atoms with Crippen LogP contribution in [0.15, 0.2) is 30.6 Å².